The third-order valence-corrected chi connectivity index (χ3v) is 5.37. The SMILES string of the molecule is O=[N+]([O-])c1cc(S(=O)(=O)Nc2cccc(F)c2)cc2c1Nc1ccccc1O2. The first-order chi connectivity index (χ1) is 13.3. The maximum atomic E-state index is 13.3. The van der Waals surface area contributed by atoms with Crippen molar-refractivity contribution in [2.45, 2.75) is 4.90 Å². The van der Waals surface area contributed by atoms with Gasteiger partial charge in [-0.05, 0) is 30.3 Å². The zero-order valence-electron chi connectivity index (χ0n) is 14.0. The van der Waals surface area contributed by atoms with Crippen molar-refractivity contribution in [2.24, 2.45) is 0 Å². The van der Waals surface area contributed by atoms with Gasteiger partial charge in [-0.1, -0.05) is 18.2 Å². The molecule has 0 radical (unpaired) electrons. The normalized spacial score (nSPS) is 12.2. The first-order valence-corrected chi connectivity index (χ1v) is 9.46. The van der Waals surface area contributed by atoms with Crippen LogP contribution in [-0.4, -0.2) is 13.3 Å². The van der Waals surface area contributed by atoms with Crippen LogP contribution in [0.25, 0.3) is 0 Å². The van der Waals surface area contributed by atoms with Crippen LogP contribution in [0.4, 0.5) is 27.1 Å². The topological polar surface area (TPSA) is 111 Å². The van der Waals surface area contributed by atoms with Gasteiger partial charge in [0.1, 0.15) is 5.82 Å². The lowest BCUT2D eigenvalue weighted by Crippen LogP contribution is -2.15. The Bertz CT molecular complexity index is 1210. The number of nitrogens with zero attached hydrogens (tertiary/aromatic N) is 1. The lowest BCUT2D eigenvalue weighted by atomic mass is 10.2. The molecule has 0 spiro atoms. The number of benzene rings is 3. The molecule has 1 aliphatic rings. The Morgan fingerprint density at radius 3 is 2.57 bits per heavy atom. The number of rotatable bonds is 4. The molecule has 2 N–H and O–H groups in total. The van der Waals surface area contributed by atoms with Crippen LogP contribution >= 0.6 is 0 Å². The minimum atomic E-state index is -4.23. The fourth-order valence-corrected chi connectivity index (χ4v) is 3.84. The van der Waals surface area contributed by atoms with Crippen molar-refractivity contribution in [1.82, 2.24) is 0 Å². The Kier molecular flexibility index (Phi) is 4.12. The molecule has 1 aliphatic heterocycles. The van der Waals surface area contributed by atoms with Crippen LogP contribution < -0.4 is 14.8 Å². The third kappa shape index (κ3) is 3.21. The number of sulfonamides is 1. The van der Waals surface area contributed by atoms with E-state index in [0.29, 0.717) is 11.4 Å². The number of hydrogen-bond donors (Lipinski definition) is 2. The fraction of sp³-hybridized carbons (Fsp3) is 0. The Balaban J connectivity index is 1.79. The standard InChI is InChI=1S/C18H12FN3O5S/c19-11-4-3-5-12(8-11)21-28(25,26)13-9-15(22(23)24)18-17(10-13)27-16-7-2-1-6-14(16)20-18/h1-10,20-21H. The van der Waals surface area contributed by atoms with Crippen LogP contribution in [0.3, 0.4) is 0 Å². The summed E-state index contributed by atoms with van der Waals surface area (Å²) in [6, 6.07) is 13.7. The minimum absolute atomic E-state index is 0.00693. The van der Waals surface area contributed by atoms with E-state index in [9.17, 15) is 22.9 Å². The van der Waals surface area contributed by atoms with Crippen LogP contribution in [0.5, 0.6) is 11.5 Å². The summed E-state index contributed by atoms with van der Waals surface area (Å²) in [7, 11) is -4.23. The van der Waals surface area contributed by atoms with Crippen molar-refractivity contribution in [3.05, 3.63) is 76.6 Å². The largest absolute Gasteiger partial charge is 0.453 e. The average molecular weight is 401 g/mol. The maximum absolute atomic E-state index is 13.3. The lowest BCUT2D eigenvalue weighted by Gasteiger charge is -2.22. The first kappa shape index (κ1) is 17.7. The molecule has 0 aromatic heterocycles. The van der Waals surface area contributed by atoms with Gasteiger partial charge in [-0.2, -0.15) is 0 Å². The molecule has 0 fully saturated rings. The van der Waals surface area contributed by atoms with Gasteiger partial charge in [-0.25, -0.2) is 12.8 Å². The number of ether oxygens (including phenoxy) is 1. The number of fused-ring (bicyclic) bond motifs is 2. The molecule has 10 heteroatoms. The molecule has 3 aromatic rings. The number of nitro groups is 1. The van der Waals surface area contributed by atoms with Gasteiger partial charge in [0.25, 0.3) is 15.7 Å². The van der Waals surface area contributed by atoms with Crippen LogP contribution in [0, 0.1) is 15.9 Å². The summed E-state index contributed by atoms with van der Waals surface area (Å²) in [4.78, 5) is 10.4. The first-order valence-electron chi connectivity index (χ1n) is 7.98. The van der Waals surface area contributed by atoms with Gasteiger partial charge in [0, 0.05) is 12.1 Å². The van der Waals surface area contributed by atoms with E-state index in [-0.39, 0.29) is 22.0 Å². The molecule has 0 aliphatic carbocycles. The Morgan fingerprint density at radius 1 is 1.04 bits per heavy atom. The summed E-state index contributed by atoms with van der Waals surface area (Å²) in [5.41, 5.74) is 0.0939. The van der Waals surface area contributed by atoms with Crippen molar-refractivity contribution in [3.8, 4) is 11.5 Å². The molecule has 0 bridgehead atoms. The van der Waals surface area contributed by atoms with Gasteiger partial charge < -0.3 is 10.1 Å². The summed E-state index contributed by atoms with van der Waals surface area (Å²) in [6.07, 6.45) is 0. The molecule has 0 unspecified atom stereocenters. The zero-order valence-corrected chi connectivity index (χ0v) is 14.9. The maximum Gasteiger partial charge on any atom is 0.297 e. The molecule has 0 saturated heterocycles. The van der Waals surface area contributed by atoms with Gasteiger partial charge in [0.2, 0.25) is 0 Å². The fourth-order valence-electron chi connectivity index (χ4n) is 2.76. The molecule has 0 amide bonds. The molecule has 142 valence electrons. The van der Waals surface area contributed by atoms with Crippen molar-refractivity contribution in [1.29, 1.82) is 0 Å². The molecule has 1 heterocycles. The Morgan fingerprint density at radius 2 is 1.82 bits per heavy atom. The summed E-state index contributed by atoms with van der Waals surface area (Å²) in [5.74, 6) is -0.231. The van der Waals surface area contributed by atoms with Crippen LogP contribution in [0.2, 0.25) is 0 Å². The zero-order chi connectivity index (χ0) is 19.9. The van der Waals surface area contributed by atoms with Crippen LogP contribution in [-0.2, 0) is 10.0 Å². The second-order valence-electron chi connectivity index (χ2n) is 5.91. The molecule has 0 saturated carbocycles. The van der Waals surface area contributed by atoms with E-state index in [4.69, 9.17) is 4.74 Å². The highest BCUT2D eigenvalue weighted by Crippen LogP contribution is 2.47. The van der Waals surface area contributed by atoms with E-state index < -0.39 is 26.5 Å². The summed E-state index contributed by atoms with van der Waals surface area (Å²) >= 11 is 0. The van der Waals surface area contributed by atoms with Crippen molar-refractivity contribution < 1.29 is 22.5 Å². The third-order valence-electron chi connectivity index (χ3n) is 4.01. The van der Waals surface area contributed by atoms with E-state index in [1.807, 2.05) is 0 Å². The number of anilines is 3. The lowest BCUT2D eigenvalue weighted by molar-refractivity contribution is -0.384. The van der Waals surface area contributed by atoms with Crippen molar-refractivity contribution in [3.63, 3.8) is 0 Å². The molecule has 3 aromatic carbocycles. The van der Waals surface area contributed by atoms with Crippen molar-refractivity contribution >= 4 is 32.8 Å². The second kappa shape index (κ2) is 6.50. The highest BCUT2D eigenvalue weighted by molar-refractivity contribution is 7.92. The van der Waals surface area contributed by atoms with E-state index in [2.05, 4.69) is 10.0 Å². The summed E-state index contributed by atoms with van der Waals surface area (Å²) < 4.78 is 46.6. The number of halogens is 1. The summed E-state index contributed by atoms with van der Waals surface area (Å²) in [6.45, 7) is 0. The number of nitrogens with one attached hydrogen (secondary N) is 2. The number of hydrogen-bond acceptors (Lipinski definition) is 6. The van der Waals surface area contributed by atoms with E-state index in [0.717, 1.165) is 12.1 Å². The highest BCUT2D eigenvalue weighted by atomic mass is 32.2. The van der Waals surface area contributed by atoms with Crippen molar-refractivity contribution in [2.75, 3.05) is 10.0 Å². The molecule has 8 nitrogen and oxygen atoms in total. The minimum Gasteiger partial charge on any atom is -0.453 e. The number of para-hydroxylation sites is 2. The average Bonchev–Trinajstić information content (AvgIpc) is 2.65. The molecular weight excluding hydrogens is 389 g/mol. The van der Waals surface area contributed by atoms with Gasteiger partial charge >= 0.3 is 0 Å². The van der Waals surface area contributed by atoms with Gasteiger partial charge in [-0.15, -0.1) is 0 Å². The second-order valence-corrected chi connectivity index (χ2v) is 7.59. The monoisotopic (exact) mass is 401 g/mol. The summed E-state index contributed by atoms with van der Waals surface area (Å²) in [5, 5.41) is 14.4. The quantitative estimate of drug-likeness (QED) is 0.388. The predicted molar refractivity (Wildman–Crippen MR) is 100 cm³/mol. The van der Waals surface area contributed by atoms with Gasteiger partial charge in [0.15, 0.2) is 17.2 Å². The Labute approximate surface area is 158 Å². The van der Waals surface area contributed by atoms with Gasteiger partial charge in [0.05, 0.1) is 21.2 Å². The molecular formula is C18H12FN3O5S. The highest BCUT2D eigenvalue weighted by Gasteiger charge is 2.29. The van der Waals surface area contributed by atoms with E-state index in [1.54, 1.807) is 24.3 Å². The molecule has 4 rings (SSSR count). The molecule has 28 heavy (non-hydrogen) atoms. The van der Waals surface area contributed by atoms with Gasteiger partial charge in [-0.3, -0.25) is 14.8 Å². The van der Waals surface area contributed by atoms with Crippen LogP contribution in [0.15, 0.2) is 65.6 Å². The van der Waals surface area contributed by atoms with E-state index in [1.165, 1.54) is 24.3 Å². The Hall–Kier alpha value is -3.66. The smallest absolute Gasteiger partial charge is 0.297 e. The van der Waals surface area contributed by atoms with Crippen LogP contribution in [0.1, 0.15) is 0 Å². The van der Waals surface area contributed by atoms with E-state index >= 15 is 0 Å². The molecule has 0 atom stereocenters. The number of nitro benzene ring substituents is 1. The predicted octanol–water partition coefficient (Wildman–Crippen LogP) is 4.38.